The molecule has 0 spiro atoms. The lowest BCUT2D eigenvalue weighted by atomic mass is 10.1. The summed E-state index contributed by atoms with van der Waals surface area (Å²) in [5.41, 5.74) is 1.04. The fourth-order valence-corrected chi connectivity index (χ4v) is 4.07. The van der Waals surface area contributed by atoms with Gasteiger partial charge in [0.2, 0.25) is 17.7 Å². The third-order valence-corrected chi connectivity index (χ3v) is 5.64. The average Bonchev–Trinajstić information content (AvgIpc) is 3.37. The molecule has 0 aliphatic carbocycles. The molecule has 9 nitrogen and oxygen atoms in total. The van der Waals surface area contributed by atoms with Gasteiger partial charge in [-0.15, -0.1) is 10.2 Å². The molecule has 3 amide bonds. The molecule has 2 fully saturated rings. The number of hydrogen-bond acceptors (Lipinski definition) is 6. The van der Waals surface area contributed by atoms with Crippen LogP contribution in [-0.2, 0) is 17.8 Å². The molecule has 4 rings (SSSR count). The Morgan fingerprint density at radius 1 is 1.30 bits per heavy atom. The molecule has 1 aromatic heterocycles. The second-order valence-corrected chi connectivity index (χ2v) is 8.25. The summed E-state index contributed by atoms with van der Waals surface area (Å²) < 4.78 is 5.75. The van der Waals surface area contributed by atoms with Crippen LogP contribution in [-0.4, -0.2) is 58.3 Å². The normalized spacial score (nSPS) is 23.8. The van der Waals surface area contributed by atoms with Gasteiger partial charge in [-0.3, -0.25) is 9.69 Å². The lowest BCUT2D eigenvalue weighted by Crippen LogP contribution is -2.58. The first-order chi connectivity index (χ1) is 14.5. The van der Waals surface area contributed by atoms with Gasteiger partial charge in [0, 0.05) is 44.1 Å². The Morgan fingerprint density at radius 3 is 2.83 bits per heavy atom. The van der Waals surface area contributed by atoms with Gasteiger partial charge >= 0.3 is 6.03 Å². The summed E-state index contributed by atoms with van der Waals surface area (Å²) in [5, 5.41) is 17.1. The molecule has 160 valence electrons. The highest BCUT2D eigenvalue weighted by molar-refractivity contribution is 5.83. The number of benzene rings is 1. The second kappa shape index (κ2) is 8.83. The van der Waals surface area contributed by atoms with Crippen molar-refractivity contribution >= 4 is 11.9 Å². The number of carbonyl (C=O) groups excluding carboxylic acids is 2. The number of urea groups is 1. The SMILES string of the molecule is CC(C)c1nnc(C[C@@H]2CNC(=O)[C@@H]3C[C@H](NC(=O)NCc4ccccc4)CN23)o1. The molecule has 2 aliphatic rings. The van der Waals surface area contributed by atoms with Gasteiger partial charge in [0.25, 0.3) is 0 Å². The molecule has 3 heterocycles. The molecule has 3 N–H and O–H groups in total. The first-order valence-corrected chi connectivity index (χ1v) is 10.4. The van der Waals surface area contributed by atoms with Crippen molar-refractivity contribution in [3.8, 4) is 0 Å². The Balaban J connectivity index is 1.33. The zero-order chi connectivity index (χ0) is 21.1. The van der Waals surface area contributed by atoms with Crippen LogP contribution in [0.2, 0.25) is 0 Å². The van der Waals surface area contributed by atoms with Crippen LogP contribution in [0.3, 0.4) is 0 Å². The van der Waals surface area contributed by atoms with Crippen LogP contribution in [0.5, 0.6) is 0 Å². The smallest absolute Gasteiger partial charge is 0.315 e. The molecular formula is C21H28N6O3. The van der Waals surface area contributed by atoms with E-state index >= 15 is 0 Å². The van der Waals surface area contributed by atoms with E-state index in [4.69, 9.17) is 4.42 Å². The number of nitrogens with one attached hydrogen (secondary N) is 3. The number of amides is 3. The summed E-state index contributed by atoms with van der Waals surface area (Å²) in [5.74, 6) is 1.39. The molecule has 3 atom stereocenters. The van der Waals surface area contributed by atoms with Gasteiger partial charge in [-0.1, -0.05) is 44.2 Å². The molecule has 2 aliphatic heterocycles. The third-order valence-electron chi connectivity index (χ3n) is 5.64. The molecule has 0 bridgehead atoms. The van der Waals surface area contributed by atoms with Gasteiger partial charge in [0.15, 0.2) is 0 Å². The first kappa shape index (κ1) is 20.3. The van der Waals surface area contributed by atoms with E-state index in [-0.39, 0.29) is 36.0 Å². The van der Waals surface area contributed by atoms with Crippen LogP contribution in [0.25, 0.3) is 0 Å². The summed E-state index contributed by atoms with van der Waals surface area (Å²) in [6.07, 6.45) is 1.16. The van der Waals surface area contributed by atoms with Crippen LogP contribution in [0.4, 0.5) is 4.79 Å². The number of nitrogens with zero attached hydrogens (tertiary/aromatic N) is 3. The summed E-state index contributed by atoms with van der Waals surface area (Å²) in [4.78, 5) is 26.9. The maximum atomic E-state index is 12.4. The van der Waals surface area contributed by atoms with Gasteiger partial charge in [-0.2, -0.15) is 0 Å². The molecule has 0 radical (unpaired) electrons. The fourth-order valence-electron chi connectivity index (χ4n) is 4.07. The van der Waals surface area contributed by atoms with E-state index in [1.54, 1.807) is 0 Å². The van der Waals surface area contributed by atoms with E-state index in [1.807, 2.05) is 44.2 Å². The zero-order valence-electron chi connectivity index (χ0n) is 17.3. The minimum Gasteiger partial charge on any atom is -0.425 e. The number of fused-ring (bicyclic) bond motifs is 1. The van der Waals surface area contributed by atoms with Crippen LogP contribution in [0, 0.1) is 0 Å². The van der Waals surface area contributed by atoms with Crippen molar-refractivity contribution in [2.45, 2.75) is 57.3 Å². The van der Waals surface area contributed by atoms with E-state index in [0.29, 0.717) is 44.3 Å². The summed E-state index contributed by atoms with van der Waals surface area (Å²) in [7, 11) is 0. The number of aromatic nitrogens is 2. The van der Waals surface area contributed by atoms with Crippen LogP contribution in [0.1, 0.15) is 43.5 Å². The molecule has 2 aromatic rings. The highest BCUT2D eigenvalue weighted by Crippen LogP contribution is 2.26. The number of carbonyl (C=O) groups is 2. The predicted octanol–water partition coefficient (Wildman–Crippen LogP) is 1.18. The first-order valence-electron chi connectivity index (χ1n) is 10.4. The molecule has 9 heteroatoms. The zero-order valence-corrected chi connectivity index (χ0v) is 17.3. The van der Waals surface area contributed by atoms with E-state index < -0.39 is 0 Å². The van der Waals surface area contributed by atoms with Crippen molar-refractivity contribution in [2.24, 2.45) is 0 Å². The van der Waals surface area contributed by atoms with Crippen LogP contribution < -0.4 is 16.0 Å². The highest BCUT2D eigenvalue weighted by Gasteiger charge is 2.44. The van der Waals surface area contributed by atoms with Crippen molar-refractivity contribution < 1.29 is 14.0 Å². The summed E-state index contributed by atoms with van der Waals surface area (Å²) in [6, 6.07) is 9.25. The van der Waals surface area contributed by atoms with Gasteiger partial charge < -0.3 is 20.4 Å². The van der Waals surface area contributed by atoms with Crippen molar-refractivity contribution in [2.75, 3.05) is 13.1 Å². The molecule has 0 unspecified atom stereocenters. The quantitative estimate of drug-likeness (QED) is 0.657. The monoisotopic (exact) mass is 412 g/mol. The molecule has 0 saturated carbocycles. The van der Waals surface area contributed by atoms with E-state index in [1.165, 1.54) is 0 Å². The lowest BCUT2D eigenvalue weighted by Gasteiger charge is -2.36. The highest BCUT2D eigenvalue weighted by atomic mass is 16.4. The number of hydrogen-bond donors (Lipinski definition) is 3. The van der Waals surface area contributed by atoms with Crippen LogP contribution in [0.15, 0.2) is 34.7 Å². The largest absolute Gasteiger partial charge is 0.425 e. The third kappa shape index (κ3) is 4.62. The van der Waals surface area contributed by atoms with E-state index in [2.05, 4.69) is 31.0 Å². The van der Waals surface area contributed by atoms with Gasteiger partial charge in [-0.25, -0.2) is 4.79 Å². The standard InChI is InChI=1S/C21H28N6O3/c1-13(2)20-26-25-18(30-20)9-16-11-22-19(28)17-8-15(12-27(16)17)24-21(29)23-10-14-6-4-3-5-7-14/h3-7,13,15-17H,8-12H2,1-2H3,(H,22,28)(H2,23,24,29)/t15-,16+,17-/m0/s1. The fraction of sp³-hybridized carbons (Fsp3) is 0.524. The minimum absolute atomic E-state index is 0.00800. The molecule has 30 heavy (non-hydrogen) atoms. The Kier molecular flexibility index (Phi) is 5.98. The van der Waals surface area contributed by atoms with Gasteiger partial charge in [-0.05, 0) is 12.0 Å². The van der Waals surface area contributed by atoms with Crippen molar-refractivity contribution in [3.63, 3.8) is 0 Å². The average molecular weight is 412 g/mol. The number of rotatable bonds is 6. The maximum Gasteiger partial charge on any atom is 0.315 e. The van der Waals surface area contributed by atoms with Gasteiger partial charge in [0.1, 0.15) is 0 Å². The summed E-state index contributed by atoms with van der Waals surface area (Å²) in [6.45, 7) is 5.63. The lowest BCUT2D eigenvalue weighted by molar-refractivity contribution is -0.129. The number of piperazine rings is 1. The van der Waals surface area contributed by atoms with Crippen molar-refractivity contribution in [3.05, 3.63) is 47.7 Å². The Labute approximate surface area is 175 Å². The molecular weight excluding hydrogens is 384 g/mol. The minimum atomic E-state index is -0.254. The predicted molar refractivity (Wildman–Crippen MR) is 110 cm³/mol. The summed E-state index contributed by atoms with van der Waals surface area (Å²) >= 11 is 0. The Bertz CT molecular complexity index is 884. The van der Waals surface area contributed by atoms with E-state index in [0.717, 1.165) is 5.56 Å². The molecule has 2 saturated heterocycles. The Hall–Kier alpha value is -2.94. The van der Waals surface area contributed by atoms with Crippen molar-refractivity contribution in [1.29, 1.82) is 0 Å². The van der Waals surface area contributed by atoms with Gasteiger partial charge in [0.05, 0.1) is 6.04 Å². The van der Waals surface area contributed by atoms with E-state index in [9.17, 15) is 9.59 Å². The second-order valence-electron chi connectivity index (χ2n) is 8.25. The maximum absolute atomic E-state index is 12.4. The molecule has 1 aromatic carbocycles. The topological polar surface area (TPSA) is 112 Å². The Morgan fingerprint density at radius 2 is 2.10 bits per heavy atom. The van der Waals surface area contributed by atoms with Crippen molar-refractivity contribution in [1.82, 2.24) is 31.0 Å². The van der Waals surface area contributed by atoms with Crippen LogP contribution >= 0.6 is 0 Å².